The number of halogens is 1. The lowest BCUT2D eigenvalue weighted by Gasteiger charge is -2.08. The normalized spacial score (nSPS) is 12.1. The van der Waals surface area contributed by atoms with Gasteiger partial charge in [-0.2, -0.15) is 0 Å². The van der Waals surface area contributed by atoms with Crippen LogP contribution >= 0.6 is 27.7 Å². The summed E-state index contributed by atoms with van der Waals surface area (Å²) in [6.07, 6.45) is 0. The van der Waals surface area contributed by atoms with Gasteiger partial charge in [-0.1, -0.05) is 34.1 Å². The highest BCUT2D eigenvalue weighted by Gasteiger charge is 2.15. The van der Waals surface area contributed by atoms with Crippen LogP contribution in [0.25, 0.3) is 0 Å². The number of carbonyl (C=O) groups is 1. The van der Waals surface area contributed by atoms with E-state index in [2.05, 4.69) is 15.9 Å². The number of rotatable bonds is 5. The lowest BCUT2D eigenvalue weighted by atomic mass is 10.4. The van der Waals surface area contributed by atoms with Gasteiger partial charge in [-0.05, 0) is 19.1 Å². The van der Waals surface area contributed by atoms with E-state index < -0.39 is 0 Å². The number of benzene rings is 1. The van der Waals surface area contributed by atoms with Crippen LogP contribution in [0.1, 0.15) is 6.92 Å². The third-order valence-electron chi connectivity index (χ3n) is 1.68. The molecule has 0 radical (unpaired) electrons. The van der Waals surface area contributed by atoms with Crippen molar-refractivity contribution in [3.63, 3.8) is 0 Å². The van der Waals surface area contributed by atoms with Crippen molar-refractivity contribution < 1.29 is 9.53 Å². The molecule has 1 unspecified atom stereocenters. The van der Waals surface area contributed by atoms with Crippen molar-refractivity contribution in [1.82, 2.24) is 0 Å². The second-order valence-corrected chi connectivity index (χ2v) is 5.04. The number of ether oxygens (including phenoxy) is 1. The standard InChI is InChI=1S/C11H13BrO2S/c1-2-14-11(13)10(12)8-15-9-6-4-3-5-7-9/h3-7,10H,2,8H2,1H3. The minimum absolute atomic E-state index is 0.194. The summed E-state index contributed by atoms with van der Waals surface area (Å²) in [6.45, 7) is 2.24. The highest BCUT2D eigenvalue weighted by molar-refractivity contribution is 9.10. The Morgan fingerprint density at radius 1 is 1.47 bits per heavy atom. The van der Waals surface area contributed by atoms with Crippen LogP contribution in [0.2, 0.25) is 0 Å². The molecule has 2 nitrogen and oxygen atoms in total. The zero-order valence-corrected chi connectivity index (χ0v) is 10.9. The summed E-state index contributed by atoms with van der Waals surface area (Å²) in [5.74, 6) is 0.490. The van der Waals surface area contributed by atoms with Gasteiger partial charge in [-0.3, -0.25) is 4.79 Å². The Morgan fingerprint density at radius 2 is 2.13 bits per heavy atom. The van der Waals surface area contributed by atoms with Crippen molar-refractivity contribution >= 4 is 33.7 Å². The number of alkyl halides is 1. The van der Waals surface area contributed by atoms with Crippen molar-refractivity contribution in [3.8, 4) is 0 Å². The molecule has 1 rings (SSSR count). The molecule has 1 aromatic rings. The maximum absolute atomic E-state index is 11.3. The van der Waals surface area contributed by atoms with E-state index in [4.69, 9.17) is 4.74 Å². The maximum atomic E-state index is 11.3. The molecule has 0 bridgehead atoms. The Morgan fingerprint density at radius 3 is 2.73 bits per heavy atom. The van der Waals surface area contributed by atoms with Gasteiger partial charge in [0.25, 0.3) is 0 Å². The molecule has 0 saturated carbocycles. The summed E-state index contributed by atoms with van der Waals surface area (Å²) in [4.78, 5) is 12.2. The first-order valence-electron chi connectivity index (χ1n) is 4.72. The van der Waals surface area contributed by atoms with Gasteiger partial charge in [-0.25, -0.2) is 0 Å². The Kier molecular flexibility index (Phi) is 5.79. The summed E-state index contributed by atoms with van der Waals surface area (Å²) in [7, 11) is 0. The average molecular weight is 289 g/mol. The molecule has 0 saturated heterocycles. The molecule has 15 heavy (non-hydrogen) atoms. The number of carbonyl (C=O) groups excluding carboxylic acids is 1. The van der Waals surface area contributed by atoms with Crippen LogP contribution in [-0.4, -0.2) is 23.2 Å². The summed E-state index contributed by atoms with van der Waals surface area (Å²) >= 11 is 4.94. The van der Waals surface area contributed by atoms with E-state index in [9.17, 15) is 4.79 Å². The monoisotopic (exact) mass is 288 g/mol. The van der Waals surface area contributed by atoms with Gasteiger partial charge >= 0.3 is 5.97 Å². The van der Waals surface area contributed by atoms with E-state index >= 15 is 0 Å². The summed E-state index contributed by atoms with van der Waals surface area (Å²) < 4.78 is 4.89. The minimum atomic E-state index is -0.234. The van der Waals surface area contributed by atoms with Gasteiger partial charge < -0.3 is 4.74 Å². The summed E-state index contributed by atoms with van der Waals surface area (Å²) in [5, 5.41) is 0. The predicted octanol–water partition coefficient (Wildman–Crippen LogP) is 3.11. The molecule has 0 N–H and O–H groups in total. The zero-order chi connectivity index (χ0) is 11.1. The fourth-order valence-corrected chi connectivity index (χ4v) is 2.34. The zero-order valence-electron chi connectivity index (χ0n) is 8.48. The average Bonchev–Trinajstić information content (AvgIpc) is 2.27. The molecule has 0 spiro atoms. The molecule has 0 aromatic heterocycles. The lowest BCUT2D eigenvalue weighted by molar-refractivity contribution is -0.141. The Balaban J connectivity index is 2.34. The molecule has 0 amide bonds. The number of hydrogen-bond donors (Lipinski definition) is 0. The van der Waals surface area contributed by atoms with Gasteiger partial charge in [0.1, 0.15) is 4.83 Å². The fourth-order valence-electron chi connectivity index (χ4n) is 0.987. The molecule has 0 aliphatic heterocycles. The van der Waals surface area contributed by atoms with Crippen molar-refractivity contribution in [2.24, 2.45) is 0 Å². The molecule has 0 aliphatic carbocycles. The van der Waals surface area contributed by atoms with Crippen molar-refractivity contribution in [2.45, 2.75) is 16.6 Å². The molecular formula is C11H13BrO2S. The van der Waals surface area contributed by atoms with Gasteiger partial charge in [-0.15, -0.1) is 11.8 Å². The largest absolute Gasteiger partial charge is 0.465 e. The third-order valence-corrected chi connectivity index (χ3v) is 3.91. The van der Waals surface area contributed by atoms with E-state index in [0.717, 1.165) is 4.90 Å². The Bertz CT molecular complexity index is 303. The highest BCUT2D eigenvalue weighted by atomic mass is 79.9. The highest BCUT2D eigenvalue weighted by Crippen LogP contribution is 2.20. The summed E-state index contributed by atoms with van der Waals surface area (Å²) in [5.41, 5.74) is 0. The van der Waals surface area contributed by atoms with Crippen LogP contribution < -0.4 is 0 Å². The number of hydrogen-bond acceptors (Lipinski definition) is 3. The van der Waals surface area contributed by atoms with Gasteiger partial charge in [0.15, 0.2) is 0 Å². The van der Waals surface area contributed by atoms with Crippen LogP contribution in [0, 0.1) is 0 Å². The third kappa shape index (κ3) is 4.71. The van der Waals surface area contributed by atoms with E-state index in [1.54, 1.807) is 11.8 Å². The van der Waals surface area contributed by atoms with Crippen LogP contribution in [0.4, 0.5) is 0 Å². The van der Waals surface area contributed by atoms with Crippen LogP contribution in [0.3, 0.4) is 0 Å². The molecule has 82 valence electrons. The van der Waals surface area contributed by atoms with E-state index in [1.807, 2.05) is 37.3 Å². The Labute approximate surface area is 103 Å². The molecule has 1 aromatic carbocycles. The second kappa shape index (κ2) is 6.90. The maximum Gasteiger partial charge on any atom is 0.320 e. The molecule has 1 atom stereocenters. The SMILES string of the molecule is CCOC(=O)C(Br)CSc1ccccc1. The van der Waals surface area contributed by atoms with Crippen LogP contribution in [0.5, 0.6) is 0 Å². The molecule has 0 fully saturated rings. The molecule has 0 aliphatic rings. The fraction of sp³-hybridized carbons (Fsp3) is 0.364. The lowest BCUT2D eigenvalue weighted by Crippen LogP contribution is -2.19. The Hall–Kier alpha value is -0.480. The molecular weight excluding hydrogens is 276 g/mol. The predicted molar refractivity (Wildman–Crippen MR) is 66.5 cm³/mol. The van der Waals surface area contributed by atoms with E-state index in [0.29, 0.717) is 12.4 Å². The first-order chi connectivity index (χ1) is 7.24. The smallest absolute Gasteiger partial charge is 0.320 e. The van der Waals surface area contributed by atoms with Gasteiger partial charge in [0.2, 0.25) is 0 Å². The summed E-state index contributed by atoms with van der Waals surface area (Å²) in [6, 6.07) is 9.98. The number of thioether (sulfide) groups is 1. The topological polar surface area (TPSA) is 26.3 Å². The molecule has 4 heteroatoms. The van der Waals surface area contributed by atoms with Crippen LogP contribution in [-0.2, 0) is 9.53 Å². The van der Waals surface area contributed by atoms with E-state index in [1.165, 1.54) is 0 Å². The van der Waals surface area contributed by atoms with Gasteiger partial charge in [0.05, 0.1) is 6.61 Å². The second-order valence-electron chi connectivity index (χ2n) is 2.84. The van der Waals surface area contributed by atoms with Crippen molar-refractivity contribution in [1.29, 1.82) is 0 Å². The quantitative estimate of drug-likeness (QED) is 0.473. The minimum Gasteiger partial charge on any atom is -0.465 e. The van der Waals surface area contributed by atoms with Crippen molar-refractivity contribution in [3.05, 3.63) is 30.3 Å². The van der Waals surface area contributed by atoms with Gasteiger partial charge in [0, 0.05) is 10.6 Å². The number of esters is 1. The van der Waals surface area contributed by atoms with Crippen LogP contribution in [0.15, 0.2) is 35.2 Å². The molecule has 0 heterocycles. The first-order valence-corrected chi connectivity index (χ1v) is 6.62. The first kappa shape index (κ1) is 12.6. The van der Waals surface area contributed by atoms with E-state index in [-0.39, 0.29) is 10.8 Å². The van der Waals surface area contributed by atoms with Crippen molar-refractivity contribution in [2.75, 3.05) is 12.4 Å².